The summed E-state index contributed by atoms with van der Waals surface area (Å²) in [5.74, 6) is -0.592. The molecule has 6 N–H and O–H groups in total. The number of pyridine rings is 1. The molecule has 2 heterocycles. The summed E-state index contributed by atoms with van der Waals surface area (Å²) >= 11 is 0. The molecule has 1 aromatic carbocycles. The van der Waals surface area contributed by atoms with E-state index in [2.05, 4.69) is 10.0 Å². The van der Waals surface area contributed by atoms with Crippen LogP contribution < -0.4 is 21.3 Å². The molecule has 35 heavy (non-hydrogen) atoms. The van der Waals surface area contributed by atoms with E-state index in [1.165, 1.54) is 18.3 Å². The second-order valence-electron chi connectivity index (χ2n) is 8.72. The standard InChI is InChI=1S/C23H32N6O5S/c24-23(25)29-11-4-8-18(13-29)12-19(15-30)26-21(31)14-28-10-5-9-20(22(28)32)27-35(33,34)16-17-6-2-1-3-7-17/h1-3,5-7,9-10,18-19,27,30H,4,8,11-16H2,(H3,24,25)(H,26,31)/t18?,19-/m0/s1. The third kappa shape index (κ3) is 7.82. The number of guanidine groups is 1. The molecule has 0 aliphatic carbocycles. The summed E-state index contributed by atoms with van der Waals surface area (Å²) in [5.41, 5.74) is 5.36. The topological polar surface area (TPSA) is 171 Å². The summed E-state index contributed by atoms with van der Waals surface area (Å²) in [4.78, 5) is 27.1. The first-order chi connectivity index (χ1) is 16.7. The molecule has 0 radical (unpaired) electrons. The molecule has 1 aliphatic heterocycles. The lowest BCUT2D eigenvalue weighted by molar-refractivity contribution is -0.122. The maximum Gasteiger partial charge on any atom is 0.275 e. The fourth-order valence-electron chi connectivity index (χ4n) is 4.22. The van der Waals surface area contributed by atoms with E-state index in [0.29, 0.717) is 18.5 Å². The lowest BCUT2D eigenvalue weighted by Crippen LogP contribution is -2.47. The zero-order chi connectivity index (χ0) is 25.4. The van der Waals surface area contributed by atoms with Gasteiger partial charge in [0.25, 0.3) is 5.56 Å². The number of carbonyl (C=O) groups is 1. The maximum atomic E-state index is 12.8. The molecule has 3 rings (SSSR count). The van der Waals surface area contributed by atoms with E-state index in [4.69, 9.17) is 11.1 Å². The van der Waals surface area contributed by atoms with Crippen molar-refractivity contribution in [2.75, 3.05) is 24.4 Å². The average Bonchev–Trinajstić information content (AvgIpc) is 2.81. The SMILES string of the molecule is N=C(N)N1CCCC(C[C@@H](CO)NC(=O)Cn2cccc(NS(=O)(=O)Cc3ccccc3)c2=O)C1. The molecular formula is C23H32N6O5S. The Balaban J connectivity index is 1.60. The summed E-state index contributed by atoms with van der Waals surface area (Å²) in [5, 5.41) is 20.1. The third-order valence-corrected chi connectivity index (χ3v) is 7.11. The summed E-state index contributed by atoms with van der Waals surface area (Å²) < 4.78 is 28.4. The fraction of sp³-hybridized carbons (Fsp3) is 0.435. The summed E-state index contributed by atoms with van der Waals surface area (Å²) in [6.45, 7) is 0.715. The first kappa shape index (κ1) is 26.2. The number of hydrogen-bond donors (Lipinski definition) is 5. The minimum Gasteiger partial charge on any atom is -0.394 e. The Kier molecular flexibility index (Phi) is 8.88. The number of amides is 1. The van der Waals surface area contributed by atoms with Crippen molar-refractivity contribution in [1.82, 2.24) is 14.8 Å². The fourth-order valence-corrected chi connectivity index (χ4v) is 5.42. The molecule has 190 valence electrons. The zero-order valence-corrected chi connectivity index (χ0v) is 20.2. The zero-order valence-electron chi connectivity index (χ0n) is 19.4. The number of aliphatic hydroxyl groups excluding tert-OH is 1. The summed E-state index contributed by atoms with van der Waals surface area (Å²) in [6, 6.07) is 10.9. The van der Waals surface area contributed by atoms with Crippen LogP contribution in [0, 0.1) is 11.3 Å². The highest BCUT2D eigenvalue weighted by atomic mass is 32.2. The number of aliphatic hydroxyl groups is 1. The van der Waals surface area contributed by atoms with E-state index in [-0.39, 0.29) is 36.5 Å². The Labute approximate surface area is 204 Å². The summed E-state index contributed by atoms with van der Waals surface area (Å²) in [7, 11) is -3.83. The van der Waals surface area contributed by atoms with Crippen molar-refractivity contribution in [2.45, 2.75) is 37.6 Å². The minimum absolute atomic E-state index is 0.0120. The van der Waals surface area contributed by atoms with E-state index in [9.17, 15) is 23.1 Å². The molecule has 0 saturated carbocycles. The molecular weight excluding hydrogens is 472 g/mol. The van der Waals surface area contributed by atoms with Crippen LogP contribution in [0.5, 0.6) is 0 Å². The molecule has 12 heteroatoms. The van der Waals surface area contributed by atoms with E-state index in [1.807, 2.05) is 0 Å². The van der Waals surface area contributed by atoms with Crippen LogP contribution >= 0.6 is 0 Å². The smallest absolute Gasteiger partial charge is 0.275 e. The number of nitrogens with two attached hydrogens (primary N) is 1. The highest BCUT2D eigenvalue weighted by molar-refractivity contribution is 7.91. The predicted octanol–water partition coefficient (Wildman–Crippen LogP) is 0.263. The Morgan fingerprint density at radius 1 is 1.23 bits per heavy atom. The number of sulfonamides is 1. The molecule has 11 nitrogen and oxygen atoms in total. The molecule has 1 unspecified atom stereocenters. The number of piperidine rings is 1. The molecule has 0 bridgehead atoms. The van der Waals surface area contributed by atoms with E-state index >= 15 is 0 Å². The minimum atomic E-state index is -3.83. The van der Waals surface area contributed by atoms with Crippen molar-refractivity contribution in [3.8, 4) is 0 Å². The molecule has 1 aromatic heterocycles. The highest BCUT2D eigenvalue weighted by Gasteiger charge is 2.24. The van der Waals surface area contributed by atoms with Gasteiger partial charge < -0.3 is 25.6 Å². The average molecular weight is 505 g/mol. The van der Waals surface area contributed by atoms with Crippen LogP contribution in [0.1, 0.15) is 24.8 Å². The lowest BCUT2D eigenvalue weighted by atomic mass is 9.91. The normalized spacial score (nSPS) is 16.9. The number of nitrogens with zero attached hydrogens (tertiary/aromatic N) is 2. The largest absolute Gasteiger partial charge is 0.394 e. The van der Waals surface area contributed by atoms with Crippen LogP contribution in [-0.4, -0.2) is 60.6 Å². The number of anilines is 1. The molecule has 1 saturated heterocycles. The van der Waals surface area contributed by atoms with Crippen molar-refractivity contribution < 1.29 is 18.3 Å². The van der Waals surface area contributed by atoms with Crippen LogP contribution in [0.25, 0.3) is 0 Å². The Bertz CT molecular complexity index is 1180. The van der Waals surface area contributed by atoms with Gasteiger partial charge in [0.15, 0.2) is 5.96 Å². The van der Waals surface area contributed by atoms with Crippen LogP contribution in [0.3, 0.4) is 0 Å². The van der Waals surface area contributed by atoms with Gasteiger partial charge in [-0.3, -0.25) is 19.7 Å². The summed E-state index contributed by atoms with van der Waals surface area (Å²) in [6.07, 6.45) is 3.69. The van der Waals surface area contributed by atoms with Gasteiger partial charge in [-0.05, 0) is 42.9 Å². The van der Waals surface area contributed by atoms with Gasteiger partial charge in [-0.25, -0.2) is 8.42 Å². The molecule has 1 amide bonds. The molecule has 0 spiro atoms. The monoisotopic (exact) mass is 504 g/mol. The number of rotatable bonds is 10. The molecule has 1 aliphatic rings. The van der Waals surface area contributed by atoms with Gasteiger partial charge in [0.2, 0.25) is 15.9 Å². The van der Waals surface area contributed by atoms with E-state index < -0.39 is 27.5 Å². The number of carbonyl (C=O) groups excluding carboxylic acids is 1. The van der Waals surface area contributed by atoms with Crippen LogP contribution in [-0.2, 0) is 27.1 Å². The molecule has 1 fully saturated rings. The quantitative estimate of drug-likeness (QED) is 0.228. The van der Waals surface area contributed by atoms with Crippen molar-refractivity contribution in [3.05, 3.63) is 64.6 Å². The lowest BCUT2D eigenvalue weighted by Gasteiger charge is -2.34. The van der Waals surface area contributed by atoms with Gasteiger partial charge in [0.05, 0.1) is 18.4 Å². The van der Waals surface area contributed by atoms with Crippen LogP contribution in [0.15, 0.2) is 53.5 Å². The first-order valence-corrected chi connectivity index (χ1v) is 13.0. The van der Waals surface area contributed by atoms with Crippen molar-refractivity contribution in [1.29, 1.82) is 5.41 Å². The maximum absolute atomic E-state index is 12.8. The molecule has 2 aromatic rings. The van der Waals surface area contributed by atoms with Gasteiger partial charge in [-0.1, -0.05) is 30.3 Å². The highest BCUT2D eigenvalue weighted by Crippen LogP contribution is 2.20. The number of benzene rings is 1. The van der Waals surface area contributed by atoms with Crippen LogP contribution in [0.4, 0.5) is 5.69 Å². The third-order valence-electron chi connectivity index (χ3n) is 5.86. The van der Waals surface area contributed by atoms with Crippen molar-refractivity contribution in [3.63, 3.8) is 0 Å². The van der Waals surface area contributed by atoms with Gasteiger partial charge in [0.1, 0.15) is 12.2 Å². The first-order valence-electron chi connectivity index (χ1n) is 11.4. The molecule has 2 atom stereocenters. The van der Waals surface area contributed by atoms with Gasteiger partial charge >= 0.3 is 0 Å². The second-order valence-corrected chi connectivity index (χ2v) is 10.4. The Hall–Kier alpha value is -3.38. The Morgan fingerprint density at radius 3 is 2.66 bits per heavy atom. The van der Waals surface area contributed by atoms with Crippen molar-refractivity contribution in [2.24, 2.45) is 11.7 Å². The van der Waals surface area contributed by atoms with E-state index in [1.54, 1.807) is 35.2 Å². The van der Waals surface area contributed by atoms with Crippen LogP contribution in [0.2, 0.25) is 0 Å². The number of likely N-dealkylation sites (tertiary alicyclic amines) is 1. The number of hydrogen-bond acceptors (Lipinski definition) is 6. The predicted molar refractivity (Wildman–Crippen MR) is 133 cm³/mol. The van der Waals surface area contributed by atoms with Crippen molar-refractivity contribution >= 4 is 27.6 Å². The van der Waals surface area contributed by atoms with Gasteiger partial charge in [-0.15, -0.1) is 0 Å². The van der Waals surface area contributed by atoms with Gasteiger partial charge in [-0.2, -0.15) is 0 Å². The second kappa shape index (κ2) is 11.8. The number of nitrogens with one attached hydrogen (secondary N) is 3. The van der Waals surface area contributed by atoms with Gasteiger partial charge in [0, 0.05) is 19.3 Å². The number of aromatic nitrogens is 1. The van der Waals surface area contributed by atoms with E-state index in [0.717, 1.165) is 24.0 Å². The Morgan fingerprint density at radius 2 is 1.97 bits per heavy atom.